The van der Waals surface area contributed by atoms with Crippen LogP contribution in [-0.4, -0.2) is 96.7 Å². The number of phosphoric ester groups is 2. The van der Waals surface area contributed by atoms with E-state index in [-0.39, 0.29) is 25.7 Å². The van der Waals surface area contributed by atoms with Gasteiger partial charge in [-0.05, 0) is 49.4 Å². The third-order valence-electron chi connectivity index (χ3n) is 17.2. The molecule has 0 saturated heterocycles. The minimum atomic E-state index is -4.95. The molecule has 0 heterocycles. The molecule has 3 unspecified atom stereocenters. The lowest BCUT2D eigenvalue weighted by molar-refractivity contribution is -0.161. The van der Waals surface area contributed by atoms with Gasteiger partial charge in [0.15, 0.2) is 12.2 Å². The van der Waals surface area contributed by atoms with Crippen molar-refractivity contribution in [2.45, 2.75) is 382 Å². The Labute approximate surface area is 562 Å². The zero-order valence-corrected chi connectivity index (χ0v) is 62.0. The molecule has 19 heteroatoms. The fourth-order valence-corrected chi connectivity index (χ4v) is 12.6. The smallest absolute Gasteiger partial charge is 0.462 e. The van der Waals surface area contributed by atoms with Gasteiger partial charge in [-0.2, -0.15) is 0 Å². The molecule has 0 fully saturated rings. The molecule has 0 aromatic heterocycles. The van der Waals surface area contributed by atoms with E-state index in [1.165, 1.54) is 161 Å². The highest BCUT2D eigenvalue weighted by Crippen LogP contribution is 2.45. The number of ether oxygens (including phenoxy) is 4. The van der Waals surface area contributed by atoms with Crippen molar-refractivity contribution in [3.63, 3.8) is 0 Å². The van der Waals surface area contributed by atoms with Crippen molar-refractivity contribution in [3.05, 3.63) is 0 Å². The van der Waals surface area contributed by atoms with E-state index in [0.29, 0.717) is 37.5 Å². The van der Waals surface area contributed by atoms with E-state index in [2.05, 4.69) is 55.4 Å². The normalized spacial score (nSPS) is 14.5. The first-order chi connectivity index (χ1) is 44.1. The zero-order chi connectivity index (χ0) is 68.2. The van der Waals surface area contributed by atoms with Gasteiger partial charge < -0.3 is 33.8 Å². The van der Waals surface area contributed by atoms with E-state index in [9.17, 15) is 43.2 Å². The standard InChI is InChI=1S/C73H142O17P2/c1-9-66(8)52-44-36-27-20-18-16-14-12-10-11-13-15-17-19-21-29-39-47-55-72(77)89-69(60-84-71(76)54-46-38-32-31-35-43-51-65(6)7)62-88-92(81,82)86-58-67(74)57-85-91(79,80)87-61-68(90-73(78)56-48-40-30-24-26-34-42-50-64(4)5)59-83-70(75)53-45-37-28-23-22-25-33-41-49-63(2)3/h63-69,74H,9-62H2,1-8H3,(H,79,80)(H,81,82)/t66?,67-,68-,69-/m1/s1. The minimum absolute atomic E-state index is 0.102. The average molecular weight is 1350 g/mol. The van der Waals surface area contributed by atoms with E-state index in [4.69, 9.17) is 37.0 Å². The number of aliphatic hydroxyl groups excluding tert-OH is 1. The Morgan fingerprint density at radius 1 is 0.304 bits per heavy atom. The number of esters is 4. The molecule has 92 heavy (non-hydrogen) atoms. The maximum Gasteiger partial charge on any atom is 0.472 e. The minimum Gasteiger partial charge on any atom is -0.462 e. The van der Waals surface area contributed by atoms with Gasteiger partial charge in [0.25, 0.3) is 0 Å². The molecule has 3 N–H and O–H groups in total. The largest absolute Gasteiger partial charge is 0.472 e. The van der Waals surface area contributed by atoms with Crippen LogP contribution in [0.1, 0.15) is 364 Å². The van der Waals surface area contributed by atoms with Gasteiger partial charge in [-0.15, -0.1) is 0 Å². The number of rotatable bonds is 70. The number of carbonyl (C=O) groups excluding carboxylic acids is 4. The van der Waals surface area contributed by atoms with Crippen LogP contribution in [-0.2, 0) is 65.4 Å². The number of unbranched alkanes of at least 4 members (excludes halogenated alkanes) is 35. The second-order valence-electron chi connectivity index (χ2n) is 28.0. The van der Waals surface area contributed by atoms with Crippen molar-refractivity contribution >= 4 is 39.5 Å². The lowest BCUT2D eigenvalue weighted by atomic mass is 9.99. The van der Waals surface area contributed by atoms with Crippen molar-refractivity contribution in [1.29, 1.82) is 0 Å². The van der Waals surface area contributed by atoms with Gasteiger partial charge in [-0.25, -0.2) is 9.13 Å². The van der Waals surface area contributed by atoms with Gasteiger partial charge in [0, 0.05) is 25.7 Å². The van der Waals surface area contributed by atoms with E-state index < -0.39 is 97.5 Å². The molecule has 6 atom stereocenters. The van der Waals surface area contributed by atoms with Crippen molar-refractivity contribution in [1.82, 2.24) is 0 Å². The predicted molar refractivity (Wildman–Crippen MR) is 372 cm³/mol. The third kappa shape index (κ3) is 65.4. The molecule has 0 aliphatic rings. The number of carbonyl (C=O) groups is 4. The summed E-state index contributed by atoms with van der Waals surface area (Å²) in [6.45, 7) is 14.1. The van der Waals surface area contributed by atoms with Crippen LogP contribution in [0.15, 0.2) is 0 Å². The highest BCUT2D eigenvalue weighted by Gasteiger charge is 2.30. The Kier molecular flexibility index (Phi) is 61.3. The molecule has 0 aliphatic carbocycles. The monoisotopic (exact) mass is 1350 g/mol. The second-order valence-corrected chi connectivity index (χ2v) is 30.9. The van der Waals surface area contributed by atoms with Gasteiger partial charge in [-0.1, -0.05) is 312 Å². The van der Waals surface area contributed by atoms with E-state index in [1.807, 2.05) is 0 Å². The summed E-state index contributed by atoms with van der Waals surface area (Å²) < 4.78 is 68.3. The van der Waals surface area contributed by atoms with Crippen molar-refractivity contribution in [2.75, 3.05) is 39.6 Å². The molecule has 0 radical (unpaired) electrons. The Morgan fingerprint density at radius 2 is 0.522 bits per heavy atom. The highest BCUT2D eigenvalue weighted by molar-refractivity contribution is 7.47. The highest BCUT2D eigenvalue weighted by atomic mass is 31.2. The van der Waals surface area contributed by atoms with Crippen LogP contribution in [0.2, 0.25) is 0 Å². The molecule has 0 rings (SSSR count). The van der Waals surface area contributed by atoms with Crippen LogP contribution in [0.4, 0.5) is 0 Å². The van der Waals surface area contributed by atoms with Gasteiger partial charge in [0.2, 0.25) is 0 Å². The van der Waals surface area contributed by atoms with Crippen molar-refractivity contribution < 1.29 is 80.2 Å². The first-order valence-electron chi connectivity index (χ1n) is 37.7. The van der Waals surface area contributed by atoms with Crippen molar-refractivity contribution in [2.24, 2.45) is 23.7 Å². The van der Waals surface area contributed by atoms with Crippen LogP contribution >= 0.6 is 15.6 Å². The molecular weight excluding hydrogens is 1210 g/mol. The van der Waals surface area contributed by atoms with Crippen LogP contribution in [0, 0.1) is 23.7 Å². The molecular formula is C73H142O17P2. The molecule has 0 spiro atoms. The SMILES string of the molecule is CCC(C)CCCCCCCCCCCCCCCCCCCCC(=O)O[C@H](COC(=O)CCCCCCCCC(C)C)COP(=O)(O)OC[C@H](O)COP(=O)(O)OC[C@@H](COC(=O)CCCCCCCCCCC(C)C)OC(=O)CCCCCCCCCC(C)C. The topological polar surface area (TPSA) is 237 Å². The van der Waals surface area contributed by atoms with Gasteiger partial charge in [0.05, 0.1) is 26.4 Å². The molecule has 0 aromatic rings. The summed E-state index contributed by atoms with van der Waals surface area (Å²) in [5.41, 5.74) is 0. The lowest BCUT2D eigenvalue weighted by Crippen LogP contribution is -2.30. The summed E-state index contributed by atoms with van der Waals surface area (Å²) in [6, 6.07) is 0. The summed E-state index contributed by atoms with van der Waals surface area (Å²) >= 11 is 0. The Hall–Kier alpha value is -1.94. The van der Waals surface area contributed by atoms with E-state index in [0.717, 1.165) is 108 Å². The second kappa shape index (κ2) is 62.6. The zero-order valence-electron chi connectivity index (χ0n) is 60.2. The molecule has 0 saturated carbocycles. The molecule has 0 bridgehead atoms. The molecule has 546 valence electrons. The summed E-state index contributed by atoms with van der Waals surface area (Å²) in [4.78, 5) is 72.5. The van der Waals surface area contributed by atoms with Crippen LogP contribution < -0.4 is 0 Å². The Balaban J connectivity index is 5.13. The summed E-state index contributed by atoms with van der Waals surface area (Å²) in [5, 5.41) is 10.6. The Morgan fingerprint density at radius 3 is 0.772 bits per heavy atom. The summed E-state index contributed by atoms with van der Waals surface area (Å²) in [6.07, 6.45) is 46.3. The van der Waals surface area contributed by atoms with Crippen LogP contribution in [0.3, 0.4) is 0 Å². The summed E-state index contributed by atoms with van der Waals surface area (Å²) in [5.74, 6) is 0.841. The van der Waals surface area contributed by atoms with Gasteiger partial charge in [-0.3, -0.25) is 37.3 Å². The van der Waals surface area contributed by atoms with Crippen molar-refractivity contribution in [3.8, 4) is 0 Å². The quantitative estimate of drug-likeness (QED) is 0.0222. The Bertz CT molecular complexity index is 1820. The predicted octanol–water partition coefficient (Wildman–Crippen LogP) is 20.9. The number of aliphatic hydroxyl groups is 1. The fourth-order valence-electron chi connectivity index (χ4n) is 11.0. The fraction of sp³-hybridized carbons (Fsp3) is 0.945. The average Bonchev–Trinajstić information content (AvgIpc) is 2.35. The van der Waals surface area contributed by atoms with Crippen LogP contribution in [0.5, 0.6) is 0 Å². The van der Waals surface area contributed by atoms with E-state index >= 15 is 0 Å². The molecule has 0 amide bonds. The maximum atomic E-state index is 13.0. The van der Waals surface area contributed by atoms with Gasteiger partial charge in [0.1, 0.15) is 19.3 Å². The molecule has 0 aliphatic heterocycles. The van der Waals surface area contributed by atoms with E-state index in [1.54, 1.807) is 0 Å². The first-order valence-corrected chi connectivity index (χ1v) is 40.7. The van der Waals surface area contributed by atoms with Gasteiger partial charge >= 0.3 is 39.5 Å². The van der Waals surface area contributed by atoms with Crippen LogP contribution in [0.25, 0.3) is 0 Å². The summed E-state index contributed by atoms with van der Waals surface area (Å²) in [7, 11) is -9.90. The third-order valence-corrected chi connectivity index (χ3v) is 19.1. The number of hydrogen-bond acceptors (Lipinski definition) is 15. The number of hydrogen-bond donors (Lipinski definition) is 3. The maximum absolute atomic E-state index is 13.0. The molecule has 0 aromatic carbocycles. The number of phosphoric acid groups is 2. The lowest BCUT2D eigenvalue weighted by Gasteiger charge is -2.21. The molecule has 17 nitrogen and oxygen atoms in total. The first kappa shape index (κ1) is 90.1.